The van der Waals surface area contributed by atoms with Gasteiger partial charge in [0.05, 0.1) is 0 Å². The van der Waals surface area contributed by atoms with E-state index < -0.39 is 6.23 Å². The van der Waals surface area contributed by atoms with Crippen molar-refractivity contribution in [1.82, 2.24) is 0 Å². The summed E-state index contributed by atoms with van der Waals surface area (Å²) in [6.45, 7) is 2.11. The van der Waals surface area contributed by atoms with Crippen LogP contribution in [0, 0.1) is 0 Å². The largest absolute Gasteiger partial charge is 0.371 e. The summed E-state index contributed by atoms with van der Waals surface area (Å²) in [4.78, 5) is 16.4. The highest BCUT2D eigenvalue weighted by molar-refractivity contribution is 6.10. The first kappa shape index (κ1) is 13.3. The third-order valence-electron chi connectivity index (χ3n) is 4.51. The summed E-state index contributed by atoms with van der Waals surface area (Å²) in [5.41, 5.74) is 3.13. The topological polar surface area (TPSA) is 43.8 Å². The van der Waals surface area contributed by atoms with E-state index in [1.54, 1.807) is 6.07 Å². The second-order valence-corrected chi connectivity index (χ2v) is 5.85. The van der Waals surface area contributed by atoms with Crippen LogP contribution in [-0.2, 0) is 0 Å². The van der Waals surface area contributed by atoms with Gasteiger partial charge in [-0.2, -0.15) is 0 Å². The Kier molecular flexibility index (Phi) is 3.12. The van der Waals surface area contributed by atoms with Gasteiger partial charge in [0.1, 0.15) is 0 Å². The Labute approximate surface area is 129 Å². The van der Waals surface area contributed by atoms with Gasteiger partial charge in [-0.15, -0.1) is 0 Å². The van der Waals surface area contributed by atoms with Gasteiger partial charge in [-0.05, 0) is 37.1 Å². The van der Waals surface area contributed by atoms with Gasteiger partial charge in [-0.1, -0.05) is 24.3 Å². The van der Waals surface area contributed by atoms with E-state index >= 15 is 0 Å². The molecule has 0 radical (unpaired) electrons. The van der Waals surface area contributed by atoms with E-state index in [2.05, 4.69) is 11.0 Å². The lowest BCUT2D eigenvalue weighted by Crippen LogP contribution is -2.28. The van der Waals surface area contributed by atoms with Crippen LogP contribution in [0.25, 0.3) is 0 Å². The number of rotatable bonds is 2. The van der Waals surface area contributed by atoms with Crippen LogP contribution in [0.4, 0.5) is 11.4 Å². The molecule has 4 rings (SSSR count). The van der Waals surface area contributed by atoms with Crippen molar-refractivity contribution < 1.29 is 9.90 Å². The smallest absolute Gasteiger partial charge is 0.261 e. The third-order valence-corrected chi connectivity index (χ3v) is 4.51. The second kappa shape index (κ2) is 5.14. The molecule has 1 unspecified atom stereocenters. The van der Waals surface area contributed by atoms with Crippen molar-refractivity contribution in [3.05, 3.63) is 59.7 Å². The Hall–Kier alpha value is -2.33. The van der Waals surface area contributed by atoms with Crippen molar-refractivity contribution in [2.24, 2.45) is 0 Å². The fourth-order valence-electron chi connectivity index (χ4n) is 3.37. The molecule has 112 valence electrons. The third kappa shape index (κ3) is 1.99. The average molecular weight is 294 g/mol. The molecule has 1 N–H and O–H groups in total. The van der Waals surface area contributed by atoms with E-state index in [-0.39, 0.29) is 5.91 Å². The zero-order valence-corrected chi connectivity index (χ0v) is 12.3. The number of nitrogens with zero attached hydrogens (tertiary/aromatic N) is 2. The molecule has 0 aromatic heterocycles. The number of fused-ring (bicyclic) bond motifs is 1. The standard InChI is InChI=1S/C18H18N2O2/c21-17-15-8-1-2-9-16(15)18(22)20(17)14-7-5-6-13(12-14)19-10-3-4-11-19/h1-2,5-9,12,17,21H,3-4,10-11H2. The quantitative estimate of drug-likeness (QED) is 0.926. The lowest BCUT2D eigenvalue weighted by molar-refractivity contribution is 0.0935. The van der Waals surface area contributed by atoms with Crippen LogP contribution in [0.3, 0.4) is 0 Å². The van der Waals surface area contributed by atoms with E-state index in [0.717, 1.165) is 24.5 Å². The highest BCUT2D eigenvalue weighted by Crippen LogP contribution is 2.37. The summed E-state index contributed by atoms with van der Waals surface area (Å²) in [6, 6.07) is 15.1. The highest BCUT2D eigenvalue weighted by atomic mass is 16.3. The van der Waals surface area contributed by atoms with Crippen LogP contribution in [0.1, 0.15) is 35.0 Å². The maximum Gasteiger partial charge on any atom is 0.261 e. The molecule has 1 saturated heterocycles. The van der Waals surface area contributed by atoms with Crippen LogP contribution in [0.5, 0.6) is 0 Å². The Balaban J connectivity index is 1.71. The molecule has 1 fully saturated rings. The number of aliphatic hydroxyl groups excluding tert-OH is 1. The van der Waals surface area contributed by atoms with Crippen molar-refractivity contribution in [2.75, 3.05) is 22.9 Å². The maximum atomic E-state index is 12.6. The lowest BCUT2D eigenvalue weighted by Gasteiger charge is -2.24. The fraction of sp³-hybridized carbons (Fsp3) is 0.278. The number of carbonyl (C=O) groups is 1. The van der Waals surface area contributed by atoms with Crippen molar-refractivity contribution in [1.29, 1.82) is 0 Å². The van der Waals surface area contributed by atoms with E-state index in [1.807, 2.05) is 36.4 Å². The molecular formula is C18H18N2O2. The van der Waals surface area contributed by atoms with Gasteiger partial charge in [0.15, 0.2) is 6.23 Å². The Morgan fingerprint density at radius 3 is 2.45 bits per heavy atom. The molecule has 1 atom stereocenters. The molecule has 2 heterocycles. The molecule has 22 heavy (non-hydrogen) atoms. The van der Waals surface area contributed by atoms with Crippen molar-refractivity contribution in [3.63, 3.8) is 0 Å². The molecule has 0 bridgehead atoms. The average Bonchev–Trinajstić information content (AvgIpc) is 3.17. The highest BCUT2D eigenvalue weighted by Gasteiger charge is 2.36. The van der Waals surface area contributed by atoms with Crippen LogP contribution >= 0.6 is 0 Å². The van der Waals surface area contributed by atoms with Crippen molar-refractivity contribution in [2.45, 2.75) is 19.1 Å². The Bertz CT molecular complexity index is 723. The SMILES string of the molecule is O=C1c2ccccc2C(O)N1c1cccc(N2CCCC2)c1. The van der Waals surface area contributed by atoms with Crippen LogP contribution in [0.15, 0.2) is 48.5 Å². The minimum absolute atomic E-state index is 0.137. The van der Waals surface area contributed by atoms with Crippen molar-refractivity contribution in [3.8, 4) is 0 Å². The van der Waals surface area contributed by atoms with Gasteiger partial charge in [0.25, 0.3) is 5.91 Å². The molecule has 4 nitrogen and oxygen atoms in total. The van der Waals surface area contributed by atoms with Gasteiger partial charge in [-0.25, -0.2) is 0 Å². The lowest BCUT2D eigenvalue weighted by atomic mass is 10.1. The first-order valence-electron chi connectivity index (χ1n) is 7.71. The summed E-state index contributed by atoms with van der Waals surface area (Å²) in [7, 11) is 0. The zero-order chi connectivity index (χ0) is 15.1. The fourth-order valence-corrected chi connectivity index (χ4v) is 3.37. The number of aliphatic hydroxyl groups is 1. The molecule has 2 aromatic carbocycles. The van der Waals surface area contributed by atoms with Crippen LogP contribution in [0.2, 0.25) is 0 Å². The summed E-state index contributed by atoms with van der Waals surface area (Å²) < 4.78 is 0. The van der Waals surface area contributed by atoms with Gasteiger partial charge in [0.2, 0.25) is 0 Å². The van der Waals surface area contributed by atoms with E-state index in [4.69, 9.17) is 0 Å². The summed E-state index contributed by atoms with van der Waals surface area (Å²) in [5, 5.41) is 10.5. The number of benzene rings is 2. The first-order chi connectivity index (χ1) is 10.8. The maximum absolute atomic E-state index is 12.6. The molecule has 4 heteroatoms. The molecule has 2 aromatic rings. The van der Waals surface area contributed by atoms with E-state index in [9.17, 15) is 9.90 Å². The Morgan fingerprint density at radius 1 is 0.955 bits per heavy atom. The summed E-state index contributed by atoms with van der Waals surface area (Å²) in [6.07, 6.45) is 1.51. The van der Waals surface area contributed by atoms with Gasteiger partial charge >= 0.3 is 0 Å². The van der Waals surface area contributed by atoms with Gasteiger partial charge in [0, 0.05) is 35.6 Å². The second-order valence-electron chi connectivity index (χ2n) is 5.85. The molecule has 1 amide bonds. The molecule has 2 aliphatic rings. The number of amides is 1. The number of anilines is 2. The number of carbonyl (C=O) groups excluding carboxylic acids is 1. The summed E-state index contributed by atoms with van der Waals surface area (Å²) in [5.74, 6) is -0.137. The number of hydrogen-bond donors (Lipinski definition) is 1. The molecule has 0 saturated carbocycles. The van der Waals surface area contributed by atoms with Gasteiger partial charge in [-0.3, -0.25) is 9.69 Å². The molecule has 0 spiro atoms. The predicted molar refractivity (Wildman–Crippen MR) is 86.1 cm³/mol. The molecule has 0 aliphatic carbocycles. The Morgan fingerprint density at radius 2 is 1.68 bits per heavy atom. The predicted octanol–water partition coefficient (Wildman–Crippen LogP) is 2.94. The van der Waals surface area contributed by atoms with E-state index in [1.165, 1.54) is 17.7 Å². The number of hydrogen-bond acceptors (Lipinski definition) is 3. The zero-order valence-electron chi connectivity index (χ0n) is 12.3. The summed E-state index contributed by atoms with van der Waals surface area (Å²) >= 11 is 0. The van der Waals surface area contributed by atoms with Gasteiger partial charge < -0.3 is 10.0 Å². The van der Waals surface area contributed by atoms with Crippen LogP contribution in [-0.4, -0.2) is 24.1 Å². The van der Waals surface area contributed by atoms with Crippen molar-refractivity contribution >= 4 is 17.3 Å². The normalized spacial score (nSPS) is 20.6. The minimum Gasteiger partial charge on any atom is -0.371 e. The molecule has 2 aliphatic heterocycles. The first-order valence-corrected chi connectivity index (χ1v) is 7.71. The van der Waals surface area contributed by atoms with Crippen LogP contribution < -0.4 is 9.80 Å². The van der Waals surface area contributed by atoms with E-state index in [0.29, 0.717) is 11.1 Å². The monoisotopic (exact) mass is 294 g/mol. The molecular weight excluding hydrogens is 276 g/mol. The minimum atomic E-state index is -0.905.